The van der Waals surface area contributed by atoms with E-state index in [-0.39, 0.29) is 0 Å². The highest BCUT2D eigenvalue weighted by Crippen LogP contribution is 2.26. The van der Waals surface area contributed by atoms with Crippen molar-refractivity contribution in [3.05, 3.63) is 0 Å². The van der Waals surface area contributed by atoms with Crippen LogP contribution in [0.1, 0.15) is 46.0 Å². The summed E-state index contributed by atoms with van der Waals surface area (Å²) >= 11 is 0. The van der Waals surface area contributed by atoms with Crippen molar-refractivity contribution in [1.29, 1.82) is 0 Å². The van der Waals surface area contributed by atoms with Crippen LogP contribution in [0.2, 0.25) is 0 Å². The average Bonchev–Trinajstić information content (AvgIpc) is 2.80. The molecule has 2 saturated heterocycles. The molecule has 3 heteroatoms. The lowest BCUT2D eigenvalue weighted by atomic mass is 9.97. The molecule has 2 heterocycles. The van der Waals surface area contributed by atoms with Crippen molar-refractivity contribution in [3.63, 3.8) is 0 Å². The second-order valence-electron chi connectivity index (χ2n) is 6.33. The Hall–Kier alpha value is -0.120. The van der Waals surface area contributed by atoms with E-state index in [9.17, 15) is 0 Å². The maximum absolute atomic E-state index is 5.61. The van der Waals surface area contributed by atoms with Crippen LogP contribution in [0.5, 0.6) is 0 Å². The van der Waals surface area contributed by atoms with Crippen molar-refractivity contribution in [1.82, 2.24) is 10.2 Å². The Labute approximate surface area is 112 Å². The number of nitrogens with zero attached hydrogens (tertiary/aromatic N) is 1. The third kappa shape index (κ3) is 4.52. The van der Waals surface area contributed by atoms with Gasteiger partial charge in [-0.2, -0.15) is 0 Å². The second-order valence-corrected chi connectivity index (χ2v) is 6.33. The van der Waals surface area contributed by atoms with Gasteiger partial charge < -0.3 is 15.0 Å². The van der Waals surface area contributed by atoms with Gasteiger partial charge in [0.15, 0.2) is 0 Å². The third-order valence-corrected chi connectivity index (χ3v) is 4.17. The van der Waals surface area contributed by atoms with E-state index < -0.39 is 0 Å². The molecule has 0 aliphatic carbocycles. The summed E-state index contributed by atoms with van der Waals surface area (Å²) in [6, 6.07) is 1.64. The fraction of sp³-hybridized carbons (Fsp3) is 1.00. The van der Waals surface area contributed by atoms with Crippen molar-refractivity contribution < 1.29 is 4.74 Å². The Morgan fingerprint density at radius 2 is 2.17 bits per heavy atom. The van der Waals surface area contributed by atoms with Gasteiger partial charge in [-0.05, 0) is 57.7 Å². The first-order chi connectivity index (χ1) is 8.75. The van der Waals surface area contributed by atoms with E-state index in [1.54, 1.807) is 0 Å². The smallest absolute Gasteiger partial charge is 0.0489 e. The normalized spacial score (nSPS) is 28.8. The average molecular weight is 254 g/mol. The molecule has 0 amide bonds. The molecule has 2 fully saturated rings. The Bertz CT molecular complexity index is 233. The van der Waals surface area contributed by atoms with Crippen molar-refractivity contribution in [2.75, 3.05) is 32.8 Å². The quantitative estimate of drug-likeness (QED) is 0.705. The molecule has 0 aromatic heterocycles. The molecular weight excluding hydrogens is 224 g/mol. The summed E-state index contributed by atoms with van der Waals surface area (Å²) in [7, 11) is 0. The van der Waals surface area contributed by atoms with Crippen LogP contribution in [0.25, 0.3) is 0 Å². The first-order valence-corrected chi connectivity index (χ1v) is 7.81. The summed E-state index contributed by atoms with van der Waals surface area (Å²) < 4.78 is 5.61. The van der Waals surface area contributed by atoms with Crippen LogP contribution >= 0.6 is 0 Å². The number of fused-ring (bicyclic) bond motifs is 1. The lowest BCUT2D eigenvalue weighted by Crippen LogP contribution is -2.45. The largest absolute Gasteiger partial charge is 0.381 e. The third-order valence-electron chi connectivity index (χ3n) is 4.17. The van der Waals surface area contributed by atoms with Crippen molar-refractivity contribution in [2.24, 2.45) is 5.92 Å². The van der Waals surface area contributed by atoms with Crippen LogP contribution < -0.4 is 5.32 Å². The maximum atomic E-state index is 5.61. The zero-order valence-electron chi connectivity index (χ0n) is 12.2. The second kappa shape index (κ2) is 7.46. The zero-order valence-corrected chi connectivity index (χ0v) is 12.2. The molecule has 0 saturated carbocycles. The van der Waals surface area contributed by atoms with E-state index in [1.807, 2.05) is 0 Å². The molecule has 2 aliphatic heterocycles. The fourth-order valence-electron chi connectivity index (χ4n) is 3.21. The molecule has 0 spiro atoms. The minimum Gasteiger partial charge on any atom is -0.381 e. The Morgan fingerprint density at radius 3 is 3.00 bits per heavy atom. The Balaban J connectivity index is 1.49. The van der Waals surface area contributed by atoms with Crippen LogP contribution in [-0.2, 0) is 4.74 Å². The van der Waals surface area contributed by atoms with Gasteiger partial charge in [-0.1, -0.05) is 13.8 Å². The van der Waals surface area contributed by atoms with Gasteiger partial charge in [0.1, 0.15) is 0 Å². The summed E-state index contributed by atoms with van der Waals surface area (Å²) in [4.78, 5) is 2.68. The standard InChI is InChI=1S/C15H30N2O/c1-13(2)12-18-10-4-7-16-14-6-9-17-8-3-5-15(17)11-14/h13-16H,3-12H2,1-2H3. The van der Waals surface area contributed by atoms with Gasteiger partial charge in [-0.3, -0.25) is 0 Å². The summed E-state index contributed by atoms with van der Waals surface area (Å²) in [5.74, 6) is 0.657. The molecule has 106 valence electrons. The SMILES string of the molecule is CC(C)COCCCNC1CCN2CCCC2C1. The van der Waals surface area contributed by atoms with E-state index in [0.717, 1.165) is 38.3 Å². The topological polar surface area (TPSA) is 24.5 Å². The highest BCUT2D eigenvalue weighted by Gasteiger charge is 2.31. The molecule has 3 nitrogen and oxygen atoms in total. The Morgan fingerprint density at radius 1 is 1.28 bits per heavy atom. The van der Waals surface area contributed by atoms with Gasteiger partial charge in [0.25, 0.3) is 0 Å². The number of rotatable bonds is 7. The molecule has 0 bridgehead atoms. The van der Waals surface area contributed by atoms with Gasteiger partial charge in [0, 0.05) is 25.3 Å². The number of ether oxygens (including phenoxy) is 1. The van der Waals surface area contributed by atoms with Gasteiger partial charge in [-0.15, -0.1) is 0 Å². The number of piperidine rings is 1. The highest BCUT2D eigenvalue weighted by atomic mass is 16.5. The molecule has 0 aromatic rings. The molecule has 2 rings (SSSR count). The molecule has 0 radical (unpaired) electrons. The molecule has 2 unspecified atom stereocenters. The molecule has 18 heavy (non-hydrogen) atoms. The number of hydrogen-bond acceptors (Lipinski definition) is 3. The highest BCUT2D eigenvalue weighted by molar-refractivity contribution is 4.89. The van der Waals surface area contributed by atoms with Crippen LogP contribution in [0.15, 0.2) is 0 Å². The molecule has 1 N–H and O–H groups in total. The van der Waals surface area contributed by atoms with E-state index >= 15 is 0 Å². The minimum atomic E-state index is 0.657. The van der Waals surface area contributed by atoms with E-state index in [0.29, 0.717) is 5.92 Å². The van der Waals surface area contributed by atoms with Gasteiger partial charge in [0.2, 0.25) is 0 Å². The summed E-state index contributed by atoms with van der Waals surface area (Å²) in [5.41, 5.74) is 0. The van der Waals surface area contributed by atoms with Crippen molar-refractivity contribution in [3.8, 4) is 0 Å². The molecule has 2 atom stereocenters. The van der Waals surface area contributed by atoms with E-state index in [2.05, 4.69) is 24.1 Å². The Kier molecular flexibility index (Phi) is 5.93. The van der Waals surface area contributed by atoms with Gasteiger partial charge >= 0.3 is 0 Å². The predicted molar refractivity (Wildman–Crippen MR) is 75.9 cm³/mol. The number of hydrogen-bond donors (Lipinski definition) is 1. The minimum absolute atomic E-state index is 0.657. The molecular formula is C15H30N2O. The van der Waals surface area contributed by atoms with Crippen LogP contribution in [0.3, 0.4) is 0 Å². The fourth-order valence-corrected chi connectivity index (χ4v) is 3.21. The van der Waals surface area contributed by atoms with Crippen LogP contribution in [-0.4, -0.2) is 49.8 Å². The van der Waals surface area contributed by atoms with E-state index in [4.69, 9.17) is 4.74 Å². The van der Waals surface area contributed by atoms with Crippen molar-refractivity contribution in [2.45, 2.75) is 58.0 Å². The first kappa shape index (κ1) is 14.3. The summed E-state index contributed by atoms with van der Waals surface area (Å²) in [5, 5.41) is 3.72. The number of nitrogens with one attached hydrogen (secondary N) is 1. The summed E-state index contributed by atoms with van der Waals surface area (Å²) in [6.45, 7) is 10.00. The van der Waals surface area contributed by atoms with Crippen LogP contribution in [0.4, 0.5) is 0 Å². The predicted octanol–water partition coefficient (Wildman–Crippen LogP) is 2.27. The molecule has 2 aliphatic rings. The van der Waals surface area contributed by atoms with Gasteiger partial charge in [0.05, 0.1) is 0 Å². The monoisotopic (exact) mass is 254 g/mol. The zero-order chi connectivity index (χ0) is 12.8. The van der Waals surface area contributed by atoms with E-state index in [1.165, 1.54) is 38.8 Å². The lowest BCUT2D eigenvalue weighted by Gasteiger charge is -2.35. The maximum Gasteiger partial charge on any atom is 0.0489 e. The summed E-state index contributed by atoms with van der Waals surface area (Å²) in [6.07, 6.45) is 6.70. The lowest BCUT2D eigenvalue weighted by molar-refractivity contribution is 0.105. The molecule has 0 aromatic carbocycles. The van der Waals surface area contributed by atoms with Gasteiger partial charge in [-0.25, -0.2) is 0 Å². The van der Waals surface area contributed by atoms with Crippen molar-refractivity contribution >= 4 is 0 Å². The first-order valence-electron chi connectivity index (χ1n) is 7.81. The van der Waals surface area contributed by atoms with Crippen LogP contribution in [0, 0.1) is 5.92 Å².